The first-order valence-corrected chi connectivity index (χ1v) is 16.7. The summed E-state index contributed by atoms with van der Waals surface area (Å²) in [5.74, 6) is -1.27. The molecule has 14 heteroatoms. The number of pyridine rings is 1. The number of benzene rings is 1. The molecule has 1 aromatic carbocycles. The van der Waals surface area contributed by atoms with Crippen LogP contribution in [0, 0.1) is 0 Å². The first kappa shape index (κ1) is 28.9. The summed E-state index contributed by atoms with van der Waals surface area (Å²) in [6.07, 6.45) is -7.53. The number of amides is 1. The highest BCUT2D eigenvalue weighted by molar-refractivity contribution is 7.91. The van der Waals surface area contributed by atoms with Gasteiger partial charge in [0, 0.05) is 19.2 Å². The van der Waals surface area contributed by atoms with Gasteiger partial charge in [-0.1, -0.05) is 19.2 Å². The second-order valence-electron chi connectivity index (χ2n) is 9.56. The molecular weight excluding hydrogens is 531 g/mol. The fourth-order valence-corrected chi connectivity index (χ4v) is 6.80. The minimum atomic E-state index is -4.84. The summed E-state index contributed by atoms with van der Waals surface area (Å²) in [5.41, 5.74) is 0.631. The number of aliphatic hydroxyl groups is 2. The molecule has 1 saturated heterocycles. The topological polar surface area (TPSA) is 129 Å². The van der Waals surface area contributed by atoms with Gasteiger partial charge in [-0.3, -0.25) is 4.79 Å². The van der Waals surface area contributed by atoms with E-state index in [1.807, 2.05) is 4.90 Å². The quantitative estimate of drug-likeness (QED) is 0.399. The third kappa shape index (κ3) is 7.66. The molecule has 1 aliphatic rings. The number of halogens is 3. The fraction of sp³-hybridized carbons (Fsp3) is 0.478. The summed E-state index contributed by atoms with van der Waals surface area (Å²) in [6, 6.07) is 10.2. The van der Waals surface area contributed by atoms with Crippen LogP contribution in [-0.4, -0.2) is 81.9 Å². The number of carbonyl (C=O) groups excluding carboxylic acids is 1. The van der Waals surface area contributed by atoms with Crippen LogP contribution in [-0.2, 0) is 9.84 Å². The Hall–Kier alpha value is -2.68. The minimum Gasteiger partial charge on any atom is -0.474 e. The second-order valence-corrected chi connectivity index (χ2v) is 17.0. The van der Waals surface area contributed by atoms with Crippen molar-refractivity contribution in [1.29, 1.82) is 0 Å². The number of ether oxygens (including phenoxy) is 1. The Morgan fingerprint density at radius 1 is 1.22 bits per heavy atom. The molecule has 2 heterocycles. The van der Waals surface area contributed by atoms with Crippen molar-refractivity contribution in [3.8, 4) is 5.88 Å². The van der Waals surface area contributed by atoms with Crippen molar-refractivity contribution in [3.05, 3.63) is 42.0 Å². The van der Waals surface area contributed by atoms with E-state index in [0.29, 0.717) is 18.8 Å². The molecule has 1 aliphatic heterocycles. The number of alkyl halides is 3. The van der Waals surface area contributed by atoms with Gasteiger partial charge in [0.25, 0.3) is 5.91 Å². The van der Waals surface area contributed by atoms with Crippen LogP contribution in [0.3, 0.4) is 0 Å². The molecule has 3 N–H and O–H groups in total. The van der Waals surface area contributed by atoms with Gasteiger partial charge in [-0.15, -0.1) is 0 Å². The molecule has 3 rings (SSSR count). The van der Waals surface area contributed by atoms with Crippen molar-refractivity contribution >= 4 is 35.3 Å². The highest BCUT2D eigenvalue weighted by Gasteiger charge is 2.39. The summed E-state index contributed by atoms with van der Waals surface area (Å²) >= 11 is 0. The zero-order valence-electron chi connectivity index (χ0n) is 20.5. The van der Waals surface area contributed by atoms with Gasteiger partial charge >= 0.3 is 6.18 Å². The van der Waals surface area contributed by atoms with E-state index in [4.69, 9.17) is 14.9 Å². The maximum absolute atomic E-state index is 13.2. The van der Waals surface area contributed by atoms with Gasteiger partial charge < -0.3 is 25.2 Å². The van der Waals surface area contributed by atoms with Crippen LogP contribution in [0.4, 0.5) is 24.7 Å². The largest absolute Gasteiger partial charge is 0.474 e. The molecule has 1 atom stereocenters. The molecule has 0 spiro atoms. The Labute approximate surface area is 214 Å². The van der Waals surface area contributed by atoms with E-state index in [-0.39, 0.29) is 22.2 Å². The van der Waals surface area contributed by atoms with Gasteiger partial charge in [-0.05, 0) is 36.4 Å². The van der Waals surface area contributed by atoms with E-state index in [1.54, 1.807) is 0 Å². The summed E-state index contributed by atoms with van der Waals surface area (Å²) in [4.78, 5) is 19.1. The molecule has 37 heavy (non-hydrogen) atoms. The smallest absolute Gasteiger partial charge is 0.417 e. The third-order valence-electron chi connectivity index (χ3n) is 6.12. The number of nitrogens with one attached hydrogen (secondary N) is 1. The molecule has 0 radical (unpaired) electrons. The Morgan fingerprint density at radius 2 is 1.89 bits per heavy atom. The molecule has 1 aromatic heterocycles. The Morgan fingerprint density at radius 3 is 2.51 bits per heavy atom. The number of hydrogen-bond acceptors (Lipinski definition) is 8. The zero-order valence-corrected chi connectivity index (χ0v) is 22.3. The monoisotopic (exact) mass is 561 g/mol. The molecule has 0 bridgehead atoms. The second kappa shape index (κ2) is 11.4. The van der Waals surface area contributed by atoms with Crippen LogP contribution >= 0.6 is 0 Å². The zero-order chi connectivity index (χ0) is 27.4. The van der Waals surface area contributed by atoms with Crippen molar-refractivity contribution in [3.63, 3.8) is 0 Å². The normalized spacial score (nSPS) is 16.8. The van der Waals surface area contributed by atoms with Gasteiger partial charge in [0.2, 0.25) is 5.88 Å². The van der Waals surface area contributed by atoms with E-state index in [1.165, 1.54) is 36.4 Å². The van der Waals surface area contributed by atoms with Crippen LogP contribution in [0.1, 0.15) is 10.4 Å². The third-order valence-corrected chi connectivity index (χ3v) is 11.0. The van der Waals surface area contributed by atoms with Crippen molar-refractivity contribution in [2.45, 2.75) is 42.4 Å². The van der Waals surface area contributed by atoms with Gasteiger partial charge in [0.05, 0.1) is 36.6 Å². The van der Waals surface area contributed by atoms with Crippen LogP contribution < -0.4 is 15.0 Å². The van der Waals surface area contributed by atoms with Crippen LogP contribution in [0.25, 0.3) is 0 Å². The van der Waals surface area contributed by atoms with E-state index < -0.39 is 55.1 Å². The molecule has 0 unspecified atom stereocenters. The molecule has 0 aliphatic carbocycles. The molecule has 0 saturated carbocycles. The van der Waals surface area contributed by atoms with Gasteiger partial charge in [-0.25, -0.2) is 8.42 Å². The summed E-state index contributed by atoms with van der Waals surface area (Å²) < 4.78 is 67.6. The van der Waals surface area contributed by atoms with E-state index in [2.05, 4.69) is 23.4 Å². The first-order chi connectivity index (χ1) is 17.2. The molecule has 9 nitrogen and oxygen atoms in total. The van der Waals surface area contributed by atoms with Gasteiger partial charge in [-0.2, -0.15) is 18.2 Å². The number of rotatable bonds is 9. The summed E-state index contributed by atoms with van der Waals surface area (Å²) in [6.45, 7) is 4.27. The fourth-order valence-electron chi connectivity index (χ4n) is 3.76. The van der Waals surface area contributed by atoms with E-state index in [9.17, 15) is 26.4 Å². The summed E-state index contributed by atoms with van der Waals surface area (Å²) in [7, 11) is -5.13. The lowest BCUT2D eigenvalue weighted by Gasteiger charge is -2.38. The first-order valence-electron chi connectivity index (χ1n) is 11.6. The molecule has 2 aromatic rings. The number of aromatic nitrogens is 1. The number of anilines is 2. The number of hydrogen-bond donors (Lipinski definition) is 3. The van der Waals surface area contributed by atoms with Crippen LogP contribution in [0.15, 0.2) is 41.3 Å². The molecular formula is C23H30F3N3O6SSi. The van der Waals surface area contributed by atoms with Crippen molar-refractivity contribution in [1.82, 2.24) is 4.98 Å². The van der Waals surface area contributed by atoms with E-state index in [0.717, 1.165) is 12.1 Å². The van der Waals surface area contributed by atoms with Gasteiger partial charge in [0.1, 0.15) is 12.4 Å². The lowest BCUT2D eigenvalue weighted by molar-refractivity contribution is -0.210. The predicted octanol–water partition coefficient (Wildman–Crippen LogP) is 2.93. The Kier molecular flexibility index (Phi) is 8.88. The highest BCUT2D eigenvalue weighted by Crippen LogP contribution is 2.31. The van der Waals surface area contributed by atoms with Crippen molar-refractivity contribution in [2.75, 3.05) is 42.3 Å². The molecule has 204 valence electrons. The average Bonchev–Trinajstić information content (AvgIpc) is 2.81. The van der Waals surface area contributed by atoms with E-state index >= 15 is 0 Å². The SMILES string of the molecule is C[Si]1(C)CCN(c2cc(S(=O)(=O)CCO)ccc2C(=O)Nc2cccc(OC[C@H](O)C(F)(F)F)n2)CC1. The molecule has 1 fully saturated rings. The maximum Gasteiger partial charge on any atom is 0.417 e. The predicted molar refractivity (Wildman–Crippen MR) is 135 cm³/mol. The Balaban J connectivity index is 1.85. The molecule has 1 amide bonds. The minimum absolute atomic E-state index is 0.000822. The lowest BCUT2D eigenvalue weighted by Crippen LogP contribution is -2.43. The average molecular weight is 562 g/mol. The number of nitrogens with zero attached hydrogens (tertiary/aromatic N) is 2. The maximum atomic E-state index is 13.2. The standard InChI is InChI=1S/C23H30F3N3O6SSi/c1-37(2)12-8-29(9-13-37)18-14-16(36(33,34)11-10-30)6-7-17(18)22(32)28-20-4-3-5-21(27-20)35-15-19(31)23(24,25)26/h3-7,14,19,30-31H,8-13,15H2,1-2H3,(H,27,28,32)/t19-/m0/s1. The van der Waals surface area contributed by atoms with Gasteiger partial charge in [0.15, 0.2) is 15.9 Å². The lowest BCUT2D eigenvalue weighted by atomic mass is 10.1. The van der Waals surface area contributed by atoms with Crippen molar-refractivity contribution in [2.24, 2.45) is 0 Å². The summed E-state index contributed by atoms with van der Waals surface area (Å²) in [5, 5.41) is 20.8. The Bertz CT molecular complexity index is 1220. The number of carbonyl (C=O) groups is 1. The van der Waals surface area contributed by atoms with Crippen LogP contribution in [0.2, 0.25) is 25.2 Å². The number of sulfone groups is 1. The number of aliphatic hydroxyl groups excluding tert-OH is 2. The van der Waals surface area contributed by atoms with Crippen molar-refractivity contribution < 1.29 is 41.3 Å². The highest BCUT2D eigenvalue weighted by atomic mass is 32.2. The van der Waals surface area contributed by atoms with Crippen LogP contribution in [0.5, 0.6) is 5.88 Å².